The van der Waals surface area contributed by atoms with Crippen molar-refractivity contribution in [3.05, 3.63) is 309 Å². The second-order valence-electron chi connectivity index (χ2n) is 23.7. The Balaban J connectivity index is 1.11. The van der Waals surface area contributed by atoms with Gasteiger partial charge < -0.3 is 9.13 Å². The van der Waals surface area contributed by atoms with Crippen molar-refractivity contribution in [3.63, 3.8) is 0 Å². The molecular weight excluding hydrogens is 1090 g/mol. The van der Waals surface area contributed by atoms with E-state index in [2.05, 4.69) is 317 Å². The summed E-state index contributed by atoms with van der Waals surface area (Å²) < 4.78 is 9.85. The van der Waals surface area contributed by atoms with Crippen LogP contribution < -0.4 is 0 Å². The number of fused-ring (bicyclic) bond motifs is 12. The molecule has 0 unspecified atom stereocenters. The zero-order chi connectivity index (χ0) is 59.6. The van der Waals surface area contributed by atoms with E-state index in [4.69, 9.17) is 15.0 Å². The Labute approximate surface area is 518 Å². The summed E-state index contributed by atoms with van der Waals surface area (Å²) in [5, 5.41) is 6.56. The minimum Gasteiger partial charge on any atom is -0.304 e. The van der Waals surface area contributed by atoms with E-state index >= 15 is 0 Å². The molecule has 0 spiro atoms. The number of para-hydroxylation sites is 2. The lowest BCUT2D eigenvalue weighted by Crippen LogP contribution is -2.16. The predicted octanol–water partition coefficient (Wildman–Crippen LogP) is 21.2. The molecule has 0 atom stereocenters. The van der Waals surface area contributed by atoms with Crippen LogP contribution in [0.15, 0.2) is 298 Å². The van der Waals surface area contributed by atoms with Gasteiger partial charge in [0.1, 0.15) is 11.4 Å². The summed E-state index contributed by atoms with van der Waals surface area (Å²) in [6.45, 7) is 4.44. The van der Waals surface area contributed by atoms with Gasteiger partial charge >= 0.3 is 0 Å². The first-order chi connectivity index (χ1) is 44.5. The Kier molecular flexibility index (Phi) is 11.6. The molecule has 7 nitrogen and oxygen atoms in total. The molecule has 7 heterocycles. The summed E-state index contributed by atoms with van der Waals surface area (Å²) in [5.41, 5.74) is 25.2. The van der Waals surface area contributed by atoms with Gasteiger partial charge in [-0.25, -0.2) is 4.98 Å². The molecule has 18 aromatic rings. The average Bonchev–Trinajstić information content (AvgIpc) is 1.44. The van der Waals surface area contributed by atoms with E-state index in [1.165, 1.54) is 0 Å². The second-order valence-corrected chi connectivity index (χ2v) is 23.7. The Morgan fingerprint density at radius 2 is 0.544 bits per heavy atom. The van der Waals surface area contributed by atoms with Crippen molar-refractivity contribution in [3.8, 4) is 78.6 Å². The highest BCUT2D eigenvalue weighted by molar-refractivity contribution is 6.16. The molecule has 0 bridgehead atoms. The van der Waals surface area contributed by atoms with Crippen molar-refractivity contribution in [1.82, 2.24) is 33.2 Å². The number of pyridine rings is 3. The fourth-order valence-electron chi connectivity index (χ4n) is 14.5. The molecule has 0 N–H and O–H groups in total. The maximum absolute atomic E-state index is 6.59. The van der Waals surface area contributed by atoms with Gasteiger partial charge in [-0.1, -0.05) is 211 Å². The van der Waals surface area contributed by atoms with Crippen molar-refractivity contribution < 1.29 is 0 Å². The predicted molar refractivity (Wildman–Crippen MR) is 374 cm³/mol. The van der Waals surface area contributed by atoms with E-state index in [0.717, 1.165) is 177 Å². The fraction of sp³-hybridized carbons (Fsp3) is 0.0241. The normalized spacial score (nSPS) is 11.9. The molecule has 0 aliphatic rings. The summed E-state index contributed by atoms with van der Waals surface area (Å²) in [6, 6.07) is 104. The van der Waals surface area contributed by atoms with E-state index in [9.17, 15) is 0 Å². The Morgan fingerprint density at radius 1 is 0.233 bits per heavy atom. The van der Waals surface area contributed by atoms with Crippen molar-refractivity contribution in [2.24, 2.45) is 0 Å². The molecule has 18 rings (SSSR count). The largest absolute Gasteiger partial charge is 0.304 e. The first-order valence-electron chi connectivity index (χ1n) is 30.7. The molecule has 0 fully saturated rings. The summed E-state index contributed by atoms with van der Waals surface area (Å²) in [7, 11) is 0. The highest BCUT2D eigenvalue weighted by Gasteiger charge is 2.33. The van der Waals surface area contributed by atoms with Crippen LogP contribution in [0.4, 0.5) is 0 Å². The molecule has 422 valence electrons. The van der Waals surface area contributed by atoms with Crippen LogP contribution in [-0.4, -0.2) is 33.2 Å². The van der Waals surface area contributed by atoms with E-state index in [0.29, 0.717) is 0 Å². The summed E-state index contributed by atoms with van der Waals surface area (Å²) in [6.07, 6.45) is 3.83. The van der Waals surface area contributed by atoms with Gasteiger partial charge in [-0.15, -0.1) is 0 Å². The van der Waals surface area contributed by atoms with E-state index in [-0.39, 0.29) is 0 Å². The van der Waals surface area contributed by atoms with Gasteiger partial charge in [0.15, 0.2) is 11.6 Å². The van der Waals surface area contributed by atoms with E-state index < -0.39 is 0 Å². The maximum atomic E-state index is 6.59. The monoisotopic (exact) mass is 1150 g/mol. The van der Waals surface area contributed by atoms with Crippen molar-refractivity contribution in [1.29, 1.82) is 0 Å². The van der Waals surface area contributed by atoms with Gasteiger partial charge in [-0.2, -0.15) is 0 Å². The minimum absolute atomic E-state index is 0.755. The fourth-order valence-corrected chi connectivity index (χ4v) is 14.5. The molecule has 0 amide bonds. The zero-order valence-corrected chi connectivity index (χ0v) is 49.4. The van der Waals surface area contributed by atoms with E-state index in [1.54, 1.807) is 0 Å². The van der Waals surface area contributed by atoms with Crippen LogP contribution in [0.5, 0.6) is 0 Å². The lowest BCUT2D eigenvalue weighted by molar-refractivity contribution is 0.960. The third-order valence-electron chi connectivity index (χ3n) is 18.3. The topological polar surface area (TPSA) is 58.4 Å². The number of hydrogen-bond donors (Lipinski definition) is 0. The van der Waals surface area contributed by atoms with Crippen molar-refractivity contribution in [2.45, 2.75) is 13.8 Å². The number of benzene rings is 11. The summed E-state index contributed by atoms with van der Waals surface area (Å²) >= 11 is 0. The lowest BCUT2D eigenvalue weighted by Gasteiger charge is -2.27. The molecule has 0 saturated carbocycles. The van der Waals surface area contributed by atoms with Crippen LogP contribution in [0.1, 0.15) is 11.1 Å². The molecular formula is C83H55N7. The van der Waals surface area contributed by atoms with Crippen LogP contribution in [-0.2, 0) is 0 Å². The summed E-state index contributed by atoms with van der Waals surface area (Å²) in [4.78, 5) is 17.1. The second kappa shape index (κ2) is 20.3. The molecule has 11 aromatic carbocycles. The van der Waals surface area contributed by atoms with Crippen LogP contribution in [0.3, 0.4) is 0 Å². The maximum Gasteiger partial charge on any atom is 0.165 e. The standard InChI is InChI=1S/C83H55N7/c1-52-45-53(2)47-62(46-52)77-80(87-69-31-17-15-29-63(69)78-75(87)33-19-43-84-78)82(89-71-39-35-58(54-21-7-3-8-22-54)48-65(71)66-49-59(36-40-72(66)89)55-23-9-4-10-24-55)86-83(81(77)88-70-32-18-16-30-64(70)79-76(88)34-20-44-85-79)90-73-41-37-60(56-25-11-5-12-26-56)50-67(73)68-51-61(38-42-74(68)90)57-27-13-6-14-28-57/h3-51H,1-2H3. The molecule has 0 aliphatic heterocycles. The van der Waals surface area contributed by atoms with Gasteiger partial charge in [0.05, 0.1) is 55.2 Å². The molecule has 7 aromatic heterocycles. The van der Waals surface area contributed by atoms with Crippen LogP contribution in [0.2, 0.25) is 0 Å². The third kappa shape index (κ3) is 7.96. The van der Waals surface area contributed by atoms with Gasteiger partial charge in [-0.3, -0.25) is 19.1 Å². The molecule has 0 saturated heterocycles. The first kappa shape index (κ1) is 51.3. The highest BCUT2D eigenvalue weighted by atomic mass is 15.2. The van der Waals surface area contributed by atoms with Crippen LogP contribution >= 0.6 is 0 Å². The quantitative estimate of drug-likeness (QED) is 0.145. The van der Waals surface area contributed by atoms with Gasteiger partial charge in [0, 0.05) is 50.3 Å². The van der Waals surface area contributed by atoms with Crippen LogP contribution in [0, 0.1) is 13.8 Å². The summed E-state index contributed by atoms with van der Waals surface area (Å²) in [5.74, 6) is 1.51. The first-order valence-corrected chi connectivity index (χ1v) is 30.7. The molecule has 0 aliphatic carbocycles. The molecule has 0 radical (unpaired) electrons. The van der Waals surface area contributed by atoms with Crippen molar-refractivity contribution in [2.75, 3.05) is 0 Å². The van der Waals surface area contributed by atoms with Crippen molar-refractivity contribution >= 4 is 87.5 Å². The number of rotatable bonds is 9. The Bertz CT molecular complexity index is 5250. The number of hydrogen-bond acceptors (Lipinski definition) is 3. The highest BCUT2D eigenvalue weighted by Crippen LogP contribution is 2.50. The van der Waals surface area contributed by atoms with Gasteiger partial charge in [0.2, 0.25) is 0 Å². The number of aromatic nitrogens is 7. The number of nitrogens with zero attached hydrogens (tertiary/aromatic N) is 7. The SMILES string of the molecule is Cc1cc(C)cc(-c2c(-n3c4ccccc4c4ncccc43)c(-n3c4ccc(-c5ccccc5)cc4c4cc(-c5ccccc5)ccc43)nc(-n3c4ccc(-c5ccccc5)cc4c4cc(-c5ccccc5)ccc43)c2-n2c3ccccc3c3ncccc32)c1. The third-order valence-corrected chi connectivity index (χ3v) is 18.3. The zero-order valence-electron chi connectivity index (χ0n) is 49.4. The Morgan fingerprint density at radius 3 is 0.900 bits per heavy atom. The Hall–Kier alpha value is -11.9. The van der Waals surface area contributed by atoms with E-state index in [1.807, 2.05) is 12.4 Å². The average molecular weight is 1150 g/mol. The van der Waals surface area contributed by atoms with Gasteiger partial charge in [-0.05, 0) is 149 Å². The minimum atomic E-state index is 0.755. The lowest BCUT2D eigenvalue weighted by atomic mass is 9.97. The van der Waals surface area contributed by atoms with Crippen LogP contribution in [0.25, 0.3) is 166 Å². The van der Waals surface area contributed by atoms with Gasteiger partial charge in [0.25, 0.3) is 0 Å². The smallest absolute Gasteiger partial charge is 0.165 e. The molecule has 7 heteroatoms. The molecule has 90 heavy (non-hydrogen) atoms. The number of aryl methyl sites for hydroxylation is 2.